The summed E-state index contributed by atoms with van der Waals surface area (Å²) in [5, 5.41) is 0.897. The molecular weight excluding hydrogens is 370 g/mol. The van der Waals surface area contributed by atoms with Gasteiger partial charge in [-0.15, -0.1) is 0 Å². The first-order valence-electron chi connectivity index (χ1n) is 10.5. The first-order chi connectivity index (χ1) is 13.7. The van der Waals surface area contributed by atoms with Crippen molar-refractivity contribution in [2.75, 3.05) is 0 Å². The second-order valence-corrected chi connectivity index (χ2v) is 9.10. The van der Waals surface area contributed by atoms with Crippen LogP contribution in [-0.4, -0.2) is 34.8 Å². The second kappa shape index (κ2) is 7.39. The summed E-state index contributed by atoms with van der Waals surface area (Å²) in [6.07, 6.45) is 3.99. The summed E-state index contributed by atoms with van der Waals surface area (Å²) in [4.78, 5) is 26.5. The van der Waals surface area contributed by atoms with E-state index in [-0.39, 0.29) is 29.9 Å². The van der Waals surface area contributed by atoms with E-state index in [2.05, 4.69) is 0 Å². The van der Waals surface area contributed by atoms with E-state index in [4.69, 9.17) is 13.9 Å². The molecule has 0 saturated carbocycles. The third-order valence-electron chi connectivity index (χ3n) is 5.76. The molecule has 0 spiro atoms. The van der Waals surface area contributed by atoms with Gasteiger partial charge in [-0.3, -0.25) is 0 Å². The van der Waals surface area contributed by atoms with Gasteiger partial charge in [0.05, 0.1) is 0 Å². The monoisotopic (exact) mass is 399 g/mol. The van der Waals surface area contributed by atoms with Crippen molar-refractivity contribution >= 4 is 17.1 Å². The molecule has 2 atom stereocenters. The Morgan fingerprint density at radius 2 is 1.86 bits per heavy atom. The number of nitrogens with zero attached hydrogens (tertiary/aromatic N) is 1. The minimum atomic E-state index is -0.490. The van der Waals surface area contributed by atoms with Gasteiger partial charge < -0.3 is 18.8 Å². The molecule has 29 heavy (non-hydrogen) atoms. The fourth-order valence-corrected chi connectivity index (χ4v) is 4.48. The van der Waals surface area contributed by atoms with E-state index in [0.29, 0.717) is 23.3 Å². The predicted molar refractivity (Wildman–Crippen MR) is 110 cm³/mol. The van der Waals surface area contributed by atoms with Crippen molar-refractivity contribution in [1.82, 2.24) is 4.90 Å². The summed E-state index contributed by atoms with van der Waals surface area (Å²) in [7, 11) is 0. The lowest BCUT2D eigenvalue weighted by atomic mass is 10.00. The summed E-state index contributed by atoms with van der Waals surface area (Å²) in [6.45, 7) is 7.62. The number of amides is 1. The molecule has 156 valence electrons. The van der Waals surface area contributed by atoms with E-state index in [0.717, 1.165) is 31.1 Å². The Hall–Kier alpha value is -2.50. The minimum Gasteiger partial charge on any atom is -0.490 e. The molecule has 1 amide bonds. The van der Waals surface area contributed by atoms with E-state index >= 15 is 0 Å². The Labute approximate surface area is 170 Å². The number of hydrogen-bond acceptors (Lipinski definition) is 5. The molecule has 6 nitrogen and oxygen atoms in total. The first-order valence-corrected chi connectivity index (χ1v) is 10.5. The van der Waals surface area contributed by atoms with Crippen LogP contribution in [-0.2, 0) is 11.2 Å². The Balaban J connectivity index is 1.47. The van der Waals surface area contributed by atoms with Gasteiger partial charge in [0.25, 0.3) is 0 Å². The number of carbonyl (C=O) groups excluding carboxylic acids is 1. The van der Waals surface area contributed by atoms with Crippen molar-refractivity contribution in [1.29, 1.82) is 0 Å². The third kappa shape index (κ3) is 4.11. The number of rotatable bonds is 3. The largest absolute Gasteiger partial charge is 0.490 e. The molecular formula is C23H29NO5. The topological polar surface area (TPSA) is 69.0 Å². The van der Waals surface area contributed by atoms with Crippen molar-refractivity contribution in [3.63, 3.8) is 0 Å². The number of carbonyl (C=O) groups is 1. The van der Waals surface area contributed by atoms with E-state index in [1.807, 2.05) is 50.8 Å². The van der Waals surface area contributed by atoms with Gasteiger partial charge in [0.1, 0.15) is 23.0 Å². The zero-order valence-electron chi connectivity index (χ0n) is 17.6. The van der Waals surface area contributed by atoms with Gasteiger partial charge in [-0.05, 0) is 58.2 Å². The minimum absolute atomic E-state index is 0.0327. The van der Waals surface area contributed by atoms with Crippen LogP contribution >= 0.6 is 0 Å². The average Bonchev–Trinajstić information content (AvgIpc) is 2.91. The molecule has 2 bridgehead atoms. The molecule has 4 rings (SSSR count). The zero-order chi connectivity index (χ0) is 20.8. The fourth-order valence-electron chi connectivity index (χ4n) is 4.48. The summed E-state index contributed by atoms with van der Waals surface area (Å²) in [5.41, 5.74) is 0.438. The summed E-state index contributed by atoms with van der Waals surface area (Å²) in [6, 6.07) is 7.82. The first kappa shape index (κ1) is 19.8. The van der Waals surface area contributed by atoms with Crippen molar-refractivity contribution in [3.05, 3.63) is 40.2 Å². The van der Waals surface area contributed by atoms with Crippen LogP contribution in [0.1, 0.15) is 58.9 Å². The SMILES string of the molecule is CCc1cc2ccc(OC3CC4CCC(C3)N4C(=O)OC(C)(C)C)cc2oc1=O. The normalized spacial score (nSPS) is 24.0. The number of benzene rings is 1. The van der Waals surface area contributed by atoms with E-state index in [9.17, 15) is 9.59 Å². The van der Waals surface area contributed by atoms with Crippen LogP contribution in [0.3, 0.4) is 0 Å². The van der Waals surface area contributed by atoms with Crippen LogP contribution in [0, 0.1) is 0 Å². The fraction of sp³-hybridized carbons (Fsp3) is 0.565. The Bertz CT molecular complexity index is 959. The Morgan fingerprint density at radius 3 is 2.48 bits per heavy atom. The van der Waals surface area contributed by atoms with Crippen LogP contribution in [0.25, 0.3) is 11.0 Å². The maximum Gasteiger partial charge on any atom is 0.410 e. The molecule has 2 aromatic rings. The second-order valence-electron chi connectivity index (χ2n) is 9.10. The molecule has 2 aliphatic rings. The molecule has 1 aromatic heterocycles. The van der Waals surface area contributed by atoms with Gasteiger partial charge in [-0.2, -0.15) is 0 Å². The van der Waals surface area contributed by atoms with Crippen LogP contribution in [0.15, 0.2) is 33.5 Å². The molecule has 6 heteroatoms. The quantitative estimate of drug-likeness (QED) is 0.702. The molecule has 3 heterocycles. The number of ether oxygens (including phenoxy) is 2. The maximum atomic E-state index is 12.6. The number of aryl methyl sites for hydroxylation is 1. The number of fused-ring (bicyclic) bond motifs is 3. The van der Waals surface area contributed by atoms with Crippen LogP contribution in [0.5, 0.6) is 5.75 Å². The Kier molecular flexibility index (Phi) is 5.05. The standard InChI is InChI=1S/C23H29NO5/c1-5-14-10-15-6-9-18(13-20(15)28-21(14)25)27-19-11-16-7-8-17(12-19)24(16)22(26)29-23(2,3)4/h6,9-10,13,16-17,19H,5,7-8,11-12H2,1-4H3. The molecule has 2 fully saturated rings. The van der Waals surface area contributed by atoms with Crippen LogP contribution in [0.2, 0.25) is 0 Å². The lowest BCUT2D eigenvalue weighted by Gasteiger charge is -2.39. The highest BCUT2D eigenvalue weighted by atomic mass is 16.6. The third-order valence-corrected chi connectivity index (χ3v) is 5.76. The highest BCUT2D eigenvalue weighted by Gasteiger charge is 2.45. The molecule has 2 aliphatic heterocycles. The van der Waals surface area contributed by atoms with Crippen molar-refractivity contribution in [2.24, 2.45) is 0 Å². The number of hydrogen-bond donors (Lipinski definition) is 0. The summed E-state index contributed by atoms with van der Waals surface area (Å²) in [5.74, 6) is 0.694. The summed E-state index contributed by atoms with van der Waals surface area (Å²) >= 11 is 0. The van der Waals surface area contributed by atoms with Crippen LogP contribution < -0.4 is 10.4 Å². The highest BCUT2D eigenvalue weighted by Crippen LogP contribution is 2.38. The van der Waals surface area contributed by atoms with Crippen LogP contribution in [0.4, 0.5) is 4.79 Å². The lowest BCUT2D eigenvalue weighted by Crippen LogP contribution is -2.50. The maximum absolute atomic E-state index is 12.6. The Morgan fingerprint density at radius 1 is 1.17 bits per heavy atom. The molecule has 2 saturated heterocycles. The zero-order valence-corrected chi connectivity index (χ0v) is 17.6. The molecule has 2 unspecified atom stereocenters. The molecule has 0 aliphatic carbocycles. The van der Waals surface area contributed by atoms with Crippen molar-refractivity contribution < 1.29 is 18.7 Å². The van der Waals surface area contributed by atoms with Crippen molar-refractivity contribution in [2.45, 2.75) is 83.6 Å². The van der Waals surface area contributed by atoms with Gasteiger partial charge >= 0.3 is 11.7 Å². The molecule has 0 radical (unpaired) electrons. The van der Waals surface area contributed by atoms with E-state index in [1.54, 1.807) is 6.07 Å². The van der Waals surface area contributed by atoms with Gasteiger partial charge in [-0.1, -0.05) is 6.92 Å². The number of piperidine rings is 1. The summed E-state index contributed by atoms with van der Waals surface area (Å²) < 4.78 is 17.3. The highest BCUT2D eigenvalue weighted by molar-refractivity contribution is 5.78. The smallest absolute Gasteiger partial charge is 0.410 e. The molecule has 0 N–H and O–H groups in total. The van der Waals surface area contributed by atoms with E-state index < -0.39 is 5.60 Å². The molecule has 1 aromatic carbocycles. The lowest BCUT2D eigenvalue weighted by molar-refractivity contribution is -0.00706. The van der Waals surface area contributed by atoms with Gasteiger partial charge in [0, 0.05) is 41.9 Å². The van der Waals surface area contributed by atoms with Gasteiger partial charge in [0.2, 0.25) is 0 Å². The van der Waals surface area contributed by atoms with Gasteiger partial charge in [0.15, 0.2) is 0 Å². The average molecular weight is 399 g/mol. The van der Waals surface area contributed by atoms with E-state index in [1.165, 1.54) is 0 Å². The van der Waals surface area contributed by atoms with Crippen molar-refractivity contribution in [3.8, 4) is 5.75 Å². The predicted octanol–water partition coefficient (Wildman–Crippen LogP) is 4.66. The van der Waals surface area contributed by atoms with Gasteiger partial charge in [-0.25, -0.2) is 9.59 Å².